The van der Waals surface area contributed by atoms with Gasteiger partial charge in [-0.1, -0.05) is 13.2 Å². The number of carbonyl (C=O) groups is 1. The van der Waals surface area contributed by atoms with Crippen molar-refractivity contribution in [1.82, 2.24) is 0 Å². The minimum atomic E-state index is -0.409. The first-order valence-corrected chi connectivity index (χ1v) is 5.66. The Morgan fingerprint density at radius 2 is 1.89 bits per heavy atom. The molecule has 0 unspecified atom stereocenters. The number of rotatable bonds is 8. The zero-order valence-corrected chi connectivity index (χ0v) is 10.9. The Morgan fingerprint density at radius 3 is 2.44 bits per heavy atom. The minimum absolute atomic E-state index is 0.340. The number of nitrogens with zero attached hydrogens (tertiary/aromatic N) is 1. The summed E-state index contributed by atoms with van der Waals surface area (Å²) in [5.41, 5.74) is 0.649. The van der Waals surface area contributed by atoms with Crippen LogP contribution in [0.25, 0.3) is 0 Å². The average molecular weight is 249 g/mol. The molecule has 18 heavy (non-hydrogen) atoms. The van der Waals surface area contributed by atoms with Crippen LogP contribution in [0.3, 0.4) is 0 Å². The summed E-state index contributed by atoms with van der Waals surface area (Å²) in [6, 6.07) is 0. The molecule has 0 N–H and O–H groups in total. The lowest BCUT2D eigenvalue weighted by molar-refractivity contribution is -0.137. The van der Waals surface area contributed by atoms with E-state index in [-0.39, 0.29) is 0 Å². The smallest absolute Gasteiger partial charge is 0.330 e. The quantitative estimate of drug-likeness (QED) is 0.218. The van der Waals surface area contributed by atoms with Gasteiger partial charge >= 0.3 is 5.97 Å². The lowest BCUT2D eigenvalue weighted by Crippen LogP contribution is -2.00. The third-order valence-electron chi connectivity index (χ3n) is 1.77. The summed E-state index contributed by atoms with van der Waals surface area (Å²) in [5, 5.41) is 0. The molecule has 0 radical (unpaired) electrons. The van der Waals surface area contributed by atoms with Gasteiger partial charge in [0.2, 0.25) is 0 Å². The van der Waals surface area contributed by atoms with Gasteiger partial charge in [0.1, 0.15) is 5.76 Å². The van der Waals surface area contributed by atoms with Gasteiger partial charge in [0, 0.05) is 24.1 Å². The van der Waals surface area contributed by atoms with Gasteiger partial charge in [0.15, 0.2) is 0 Å². The van der Waals surface area contributed by atoms with Crippen molar-refractivity contribution in [2.45, 2.75) is 13.8 Å². The number of carbonyl (C=O) groups excluding carboxylic acids is 1. The fourth-order valence-electron chi connectivity index (χ4n) is 1.03. The number of ether oxygens (including phenoxy) is 2. The highest BCUT2D eigenvalue weighted by Gasteiger charge is 2.01. The Balaban J connectivity index is 4.81. The number of allylic oxidation sites excluding steroid dienone is 2. The Hall–Kier alpha value is -2.10. The average Bonchev–Trinajstić information content (AvgIpc) is 2.34. The van der Waals surface area contributed by atoms with E-state index in [2.05, 4.69) is 18.2 Å². The number of esters is 1. The molecule has 4 nitrogen and oxygen atoms in total. The van der Waals surface area contributed by atoms with Gasteiger partial charge < -0.3 is 9.47 Å². The molecule has 0 aliphatic rings. The summed E-state index contributed by atoms with van der Waals surface area (Å²) in [4.78, 5) is 15.0. The second-order valence-electron chi connectivity index (χ2n) is 3.04. The third kappa shape index (κ3) is 7.22. The van der Waals surface area contributed by atoms with Crippen molar-refractivity contribution in [2.24, 2.45) is 4.99 Å². The number of aliphatic imine (C=N–C) groups is 1. The van der Waals surface area contributed by atoms with Gasteiger partial charge in [-0.05, 0) is 26.0 Å². The lowest BCUT2D eigenvalue weighted by Gasteiger charge is -2.06. The van der Waals surface area contributed by atoms with Crippen LogP contribution in [-0.4, -0.2) is 25.4 Å². The maximum atomic E-state index is 11.2. The zero-order valence-electron chi connectivity index (χ0n) is 10.9. The molecule has 4 heteroatoms. The summed E-state index contributed by atoms with van der Waals surface area (Å²) in [6.45, 7) is 11.7. The minimum Gasteiger partial charge on any atom is -0.494 e. The molecule has 0 saturated heterocycles. The molecule has 0 aromatic carbocycles. The third-order valence-corrected chi connectivity index (χ3v) is 1.77. The van der Waals surface area contributed by atoms with Crippen LogP contribution in [0.4, 0.5) is 0 Å². The summed E-state index contributed by atoms with van der Waals surface area (Å²) in [7, 11) is 0. The molecule has 0 aliphatic carbocycles. The summed E-state index contributed by atoms with van der Waals surface area (Å²) < 4.78 is 10.1. The van der Waals surface area contributed by atoms with E-state index in [1.54, 1.807) is 25.3 Å². The van der Waals surface area contributed by atoms with E-state index in [1.807, 2.05) is 6.92 Å². The first-order valence-electron chi connectivity index (χ1n) is 5.66. The Bertz CT molecular complexity index is 379. The molecule has 0 aromatic heterocycles. The van der Waals surface area contributed by atoms with E-state index in [0.717, 1.165) is 0 Å². The van der Waals surface area contributed by atoms with Crippen LogP contribution >= 0.6 is 0 Å². The lowest BCUT2D eigenvalue weighted by atomic mass is 10.2. The van der Waals surface area contributed by atoms with E-state index in [4.69, 9.17) is 9.47 Å². The van der Waals surface area contributed by atoms with E-state index in [1.165, 1.54) is 12.3 Å². The predicted molar refractivity (Wildman–Crippen MR) is 73.3 cm³/mol. The van der Waals surface area contributed by atoms with Crippen LogP contribution in [-0.2, 0) is 14.3 Å². The molecule has 0 fully saturated rings. The van der Waals surface area contributed by atoms with Crippen molar-refractivity contribution in [2.75, 3.05) is 13.2 Å². The summed E-state index contributed by atoms with van der Waals surface area (Å²) in [5.74, 6) is 0.0573. The molecule has 0 aromatic rings. The molecule has 98 valence electrons. The van der Waals surface area contributed by atoms with Crippen LogP contribution in [0, 0.1) is 0 Å². The fraction of sp³-hybridized carbons (Fsp3) is 0.286. The van der Waals surface area contributed by atoms with Gasteiger partial charge in [-0.3, -0.25) is 4.99 Å². The van der Waals surface area contributed by atoms with E-state index in [9.17, 15) is 4.79 Å². The summed E-state index contributed by atoms with van der Waals surface area (Å²) >= 11 is 0. The molecule has 0 atom stereocenters. The van der Waals surface area contributed by atoms with Gasteiger partial charge in [-0.25, -0.2) is 4.79 Å². The Morgan fingerprint density at radius 1 is 1.22 bits per heavy atom. The number of hydrogen-bond acceptors (Lipinski definition) is 4. The second kappa shape index (κ2) is 10.1. The first-order chi connectivity index (χ1) is 8.65. The zero-order chi connectivity index (χ0) is 13.8. The standard InChI is InChI=1S/C14H19NO3/c1-5-15-11-10-13(12(4)17-6-2)8-9-14(16)18-7-3/h5,8-11H,1,4,6-7H2,2-3H3/b9-8+,13-10+,15-11?. The van der Waals surface area contributed by atoms with Crippen molar-refractivity contribution in [3.63, 3.8) is 0 Å². The van der Waals surface area contributed by atoms with Gasteiger partial charge in [-0.15, -0.1) is 0 Å². The van der Waals surface area contributed by atoms with Crippen LogP contribution in [0.15, 0.2) is 53.9 Å². The van der Waals surface area contributed by atoms with Crippen molar-refractivity contribution in [3.8, 4) is 0 Å². The van der Waals surface area contributed by atoms with E-state index in [0.29, 0.717) is 24.5 Å². The van der Waals surface area contributed by atoms with Crippen molar-refractivity contribution in [1.29, 1.82) is 0 Å². The van der Waals surface area contributed by atoms with Crippen LogP contribution in [0.5, 0.6) is 0 Å². The maximum absolute atomic E-state index is 11.2. The van der Waals surface area contributed by atoms with E-state index < -0.39 is 5.97 Å². The molecule has 0 amide bonds. The highest BCUT2D eigenvalue weighted by atomic mass is 16.5. The monoisotopic (exact) mass is 249 g/mol. The topological polar surface area (TPSA) is 47.9 Å². The first kappa shape index (κ1) is 15.9. The Labute approximate surface area is 108 Å². The summed E-state index contributed by atoms with van der Waals surface area (Å²) in [6.07, 6.45) is 7.52. The maximum Gasteiger partial charge on any atom is 0.330 e. The van der Waals surface area contributed by atoms with Gasteiger partial charge in [0.05, 0.1) is 13.2 Å². The molecule has 0 rings (SSSR count). The second-order valence-corrected chi connectivity index (χ2v) is 3.04. The largest absolute Gasteiger partial charge is 0.494 e. The highest BCUT2D eigenvalue weighted by Crippen LogP contribution is 2.10. The number of hydrogen-bond donors (Lipinski definition) is 0. The normalized spacial score (nSPS) is 11.8. The van der Waals surface area contributed by atoms with Crippen molar-refractivity contribution >= 4 is 12.2 Å². The van der Waals surface area contributed by atoms with Crippen LogP contribution < -0.4 is 0 Å². The van der Waals surface area contributed by atoms with E-state index >= 15 is 0 Å². The van der Waals surface area contributed by atoms with Gasteiger partial charge in [-0.2, -0.15) is 0 Å². The molecule has 0 aliphatic heterocycles. The SMILES string of the molecule is C=CN=C/C=C(\C=C\C(=O)OCC)C(=C)OCC. The fourth-order valence-corrected chi connectivity index (χ4v) is 1.03. The molecule has 0 heterocycles. The molecule has 0 spiro atoms. The van der Waals surface area contributed by atoms with Crippen molar-refractivity contribution in [3.05, 3.63) is 48.9 Å². The van der Waals surface area contributed by atoms with Crippen LogP contribution in [0.1, 0.15) is 13.8 Å². The Kier molecular flexibility index (Phi) is 8.90. The highest BCUT2D eigenvalue weighted by molar-refractivity contribution is 5.83. The molecular formula is C14H19NO3. The van der Waals surface area contributed by atoms with Crippen LogP contribution in [0.2, 0.25) is 0 Å². The molecular weight excluding hydrogens is 230 g/mol. The molecule has 0 saturated carbocycles. The van der Waals surface area contributed by atoms with Crippen molar-refractivity contribution < 1.29 is 14.3 Å². The molecule has 0 bridgehead atoms. The predicted octanol–water partition coefficient (Wildman–Crippen LogP) is 2.80. The van der Waals surface area contributed by atoms with Gasteiger partial charge in [0.25, 0.3) is 0 Å².